The van der Waals surface area contributed by atoms with Crippen molar-refractivity contribution in [1.82, 2.24) is 15.1 Å². The average Bonchev–Trinajstić information content (AvgIpc) is 3.12. The van der Waals surface area contributed by atoms with Crippen LogP contribution in [0.15, 0.2) is 10.9 Å². The van der Waals surface area contributed by atoms with E-state index in [1.54, 1.807) is 11.0 Å². The highest BCUT2D eigenvalue weighted by Gasteiger charge is 2.44. The maximum atomic E-state index is 12.5. The van der Waals surface area contributed by atoms with E-state index in [0.717, 1.165) is 18.5 Å². The molecule has 0 bridgehead atoms. The number of hydrogen-bond donors (Lipinski definition) is 2. The first-order valence-corrected chi connectivity index (χ1v) is 13.0. The Morgan fingerprint density at radius 3 is 2.36 bits per heavy atom. The first-order chi connectivity index (χ1) is 12.7. The predicted octanol–water partition coefficient (Wildman–Crippen LogP) is 3.99. The number of H-pyrrole nitrogens is 2. The molecule has 0 radical (unpaired) electrons. The van der Waals surface area contributed by atoms with E-state index in [-0.39, 0.29) is 22.1 Å². The predicted molar refractivity (Wildman–Crippen MR) is 113 cm³/mol. The molecular formula is C20H37N3O4Si. The van der Waals surface area contributed by atoms with E-state index in [1.165, 1.54) is 0 Å². The van der Waals surface area contributed by atoms with Crippen LogP contribution in [0.1, 0.15) is 60.1 Å². The summed E-state index contributed by atoms with van der Waals surface area (Å²) in [4.78, 5) is 26.0. The summed E-state index contributed by atoms with van der Waals surface area (Å²) in [5.74, 6) is 0. The van der Waals surface area contributed by atoms with Gasteiger partial charge in [-0.15, -0.1) is 0 Å². The van der Waals surface area contributed by atoms with Crippen LogP contribution in [0.5, 0.6) is 0 Å². The number of carbonyl (C=O) groups is 1. The molecule has 8 heteroatoms. The summed E-state index contributed by atoms with van der Waals surface area (Å²) < 4.78 is 11.9. The van der Waals surface area contributed by atoms with Crippen molar-refractivity contribution in [1.29, 1.82) is 0 Å². The fourth-order valence-corrected chi connectivity index (χ4v) is 4.29. The molecule has 1 aliphatic heterocycles. The molecule has 1 aromatic heterocycles. The lowest BCUT2D eigenvalue weighted by Gasteiger charge is -2.37. The minimum atomic E-state index is -1.86. The number of aromatic nitrogens is 2. The Morgan fingerprint density at radius 1 is 1.21 bits per heavy atom. The topological polar surface area (TPSA) is 87.4 Å². The molecule has 1 amide bonds. The second kappa shape index (κ2) is 7.70. The van der Waals surface area contributed by atoms with Gasteiger partial charge in [0.1, 0.15) is 5.60 Å². The summed E-state index contributed by atoms with van der Waals surface area (Å²) >= 11 is 0. The van der Waals surface area contributed by atoms with Crippen LogP contribution < -0.4 is 5.56 Å². The second-order valence-electron chi connectivity index (χ2n) is 10.5. The van der Waals surface area contributed by atoms with Crippen molar-refractivity contribution in [2.45, 2.75) is 83.5 Å². The van der Waals surface area contributed by atoms with Gasteiger partial charge in [-0.05, 0) is 51.7 Å². The van der Waals surface area contributed by atoms with Gasteiger partial charge in [0.05, 0.1) is 0 Å². The van der Waals surface area contributed by atoms with Crippen molar-refractivity contribution < 1.29 is 14.0 Å². The third-order valence-electron chi connectivity index (χ3n) is 6.02. The quantitative estimate of drug-likeness (QED) is 0.717. The highest BCUT2D eigenvalue weighted by atomic mass is 28.4. The molecule has 0 spiro atoms. The zero-order valence-corrected chi connectivity index (χ0v) is 19.7. The van der Waals surface area contributed by atoms with E-state index < -0.39 is 13.9 Å². The van der Waals surface area contributed by atoms with Gasteiger partial charge in [0, 0.05) is 36.9 Å². The van der Waals surface area contributed by atoms with Crippen LogP contribution in [0.2, 0.25) is 18.1 Å². The molecule has 0 saturated carbocycles. The number of nitrogens with zero attached hydrogens (tertiary/aromatic N) is 1. The Kier molecular flexibility index (Phi) is 6.26. The lowest BCUT2D eigenvalue weighted by molar-refractivity contribution is 0.0280. The van der Waals surface area contributed by atoms with Crippen LogP contribution in [-0.4, -0.2) is 54.8 Å². The summed E-state index contributed by atoms with van der Waals surface area (Å²) in [5, 5.41) is 5.79. The molecule has 1 unspecified atom stereocenters. The van der Waals surface area contributed by atoms with Gasteiger partial charge >= 0.3 is 6.09 Å². The number of rotatable bonds is 5. The molecule has 160 valence electrons. The van der Waals surface area contributed by atoms with Gasteiger partial charge < -0.3 is 19.2 Å². The van der Waals surface area contributed by atoms with Crippen LogP contribution >= 0.6 is 0 Å². The smallest absolute Gasteiger partial charge is 0.410 e. The standard InChI is InChI=1S/C20H37N3O4Si/c1-18(2,3)27-17(25)23-11-9-20(14-23,15-13-16(24)22-21-15)10-12-26-28(7,8)19(4,5)6/h13H,9-12,14H2,1-8H3,(H2,21,22,24). The Bertz CT molecular complexity index is 742. The fraction of sp³-hybridized carbons (Fsp3) is 0.800. The molecule has 28 heavy (non-hydrogen) atoms. The van der Waals surface area contributed by atoms with Crippen LogP contribution in [0.3, 0.4) is 0 Å². The van der Waals surface area contributed by atoms with Gasteiger partial charge in [0.15, 0.2) is 8.32 Å². The Labute approximate surface area is 169 Å². The summed E-state index contributed by atoms with van der Waals surface area (Å²) in [5.41, 5.74) is -0.188. The summed E-state index contributed by atoms with van der Waals surface area (Å²) in [6.07, 6.45) is 1.20. The zero-order chi connectivity index (χ0) is 21.4. The number of nitrogens with one attached hydrogen (secondary N) is 2. The Balaban J connectivity index is 2.15. The normalized spacial score (nSPS) is 21.2. The maximum absolute atomic E-state index is 12.5. The highest BCUT2D eigenvalue weighted by molar-refractivity contribution is 6.74. The molecular weight excluding hydrogens is 374 g/mol. The summed E-state index contributed by atoms with van der Waals surface area (Å²) in [6.45, 7) is 18.4. The molecule has 1 saturated heterocycles. The van der Waals surface area contributed by atoms with E-state index in [2.05, 4.69) is 44.1 Å². The molecule has 1 atom stereocenters. The monoisotopic (exact) mass is 411 g/mol. The number of hydrogen-bond acceptors (Lipinski definition) is 4. The maximum Gasteiger partial charge on any atom is 0.410 e. The van der Waals surface area contributed by atoms with E-state index in [4.69, 9.17) is 9.16 Å². The molecule has 1 aliphatic rings. The summed E-state index contributed by atoms with van der Waals surface area (Å²) in [6, 6.07) is 1.60. The first-order valence-electron chi connectivity index (χ1n) is 10.1. The molecule has 2 N–H and O–H groups in total. The van der Waals surface area contributed by atoms with Crippen LogP contribution in [0.4, 0.5) is 4.79 Å². The largest absolute Gasteiger partial charge is 0.444 e. The number of likely N-dealkylation sites (tertiary alicyclic amines) is 1. The second-order valence-corrected chi connectivity index (χ2v) is 15.3. The summed E-state index contributed by atoms with van der Waals surface area (Å²) in [7, 11) is -1.86. The molecule has 0 aromatic carbocycles. The van der Waals surface area contributed by atoms with Crippen molar-refractivity contribution in [2.75, 3.05) is 19.7 Å². The minimum absolute atomic E-state index is 0.140. The van der Waals surface area contributed by atoms with Crippen molar-refractivity contribution in [3.8, 4) is 0 Å². The number of carbonyl (C=O) groups excluding carboxylic acids is 1. The van der Waals surface area contributed by atoms with Crippen molar-refractivity contribution >= 4 is 14.4 Å². The first kappa shape index (κ1) is 22.7. The third-order valence-corrected chi connectivity index (χ3v) is 10.6. The molecule has 1 fully saturated rings. The van der Waals surface area contributed by atoms with Crippen molar-refractivity contribution in [3.05, 3.63) is 22.1 Å². The van der Waals surface area contributed by atoms with Gasteiger partial charge in [-0.3, -0.25) is 9.89 Å². The van der Waals surface area contributed by atoms with E-state index in [9.17, 15) is 9.59 Å². The van der Waals surface area contributed by atoms with E-state index in [1.807, 2.05) is 20.8 Å². The fourth-order valence-electron chi connectivity index (χ4n) is 3.25. The molecule has 1 aromatic rings. The Morgan fingerprint density at radius 2 is 1.86 bits per heavy atom. The third kappa shape index (κ3) is 5.29. The van der Waals surface area contributed by atoms with E-state index >= 15 is 0 Å². The number of amides is 1. The lowest BCUT2D eigenvalue weighted by Crippen LogP contribution is -2.43. The molecule has 2 heterocycles. The molecule has 0 aliphatic carbocycles. The van der Waals surface area contributed by atoms with Crippen molar-refractivity contribution in [3.63, 3.8) is 0 Å². The van der Waals surface area contributed by atoms with Gasteiger partial charge in [-0.25, -0.2) is 4.79 Å². The minimum Gasteiger partial charge on any atom is -0.444 e. The zero-order valence-electron chi connectivity index (χ0n) is 18.7. The van der Waals surface area contributed by atoms with Gasteiger partial charge in [-0.2, -0.15) is 0 Å². The van der Waals surface area contributed by atoms with Crippen molar-refractivity contribution in [2.24, 2.45) is 0 Å². The van der Waals surface area contributed by atoms with Gasteiger partial charge in [-0.1, -0.05) is 20.8 Å². The number of ether oxygens (including phenoxy) is 1. The van der Waals surface area contributed by atoms with E-state index in [0.29, 0.717) is 19.7 Å². The molecule has 2 rings (SSSR count). The van der Waals surface area contributed by atoms with Crippen LogP contribution in [0, 0.1) is 0 Å². The van der Waals surface area contributed by atoms with Crippen LogP contribution in [-0.2, 0) is 14.6 Å². The van der Waals surface area contributed by atoms with Gasteiger partial charge in [0.2, 0.25) is 0 Å². The SMILES string of the molecule is CC(C)(C)OC(=O)N1CCC(CCO[Si](C)(C)C(C)(C)C)(c2cc(=O)[nH][nH]2)C1. The highest BCUT2D eigenvalue weighted by Crippen LogP contribution is 2.40. The molecule has 7 nitrogen and oxygen atoms in total. The van der Waals surface area contributed by atoms with Crippen LogP contribution in [0.25, 0.3) is 0 Å². The lowest BCUT2D eigenvalue weighted by atomic mass is 9.80. The average molecular weight is 412 g/mol. The number of aromatic amines is 2. The Hall–Kier alpha value is -1.54. The van der Waals surface area contributed by atoms with Gasteiger partial charge in [0.25, 0.3) is 5.56 Å².